The van der Waals surface area contributed by atoms with Crippen LogP contribution < -0.4 is 10.1 Å². The van der Waals surface area contributed by atoms with E-state index in [4.69, 9.17) is 16.3 Å². The summed E-state index contributed by atoms with van der Waals surface area (Å²) in [4.78, 5) is 0. The van der Waals surface area contributed by atoms with Gasteiger partial charge in [-0.15, -0.1) is 0 Å². The molecule has 1 N–H and O–H groups in total. The summed E-state index contributed by atoms with van der Waals surface area (Å²) < 4.78 is 9.07. The van der Waals surface area contributed by atoms with E-state index < -0.39 is 0 Å². The minimum Gasteiger partial charge on any atom is -0.487 e. The summed E-state index contributed by atoms with van der Waals surface area (Å²) in [6.45, 7) is 1.14. The first-order valence-corrected chi connectivity index (χ1v) is 10.6. The number of hydrogen-bond donors (Lipinski definition) is 1. The Morgan fingerprint density at radius 3 is 2.23 bits per heavy atom. The summed E-state index contributed by atoms with van der Waals surface area (Å²) in [6, 6.07) is 19.8. The van der Waals surface area contributed by atoms with Crippen LogP contribution in [0.4, 0.5) is 5.69 Å². The molecule has 0 heterocycles. The third kappa shape index (κ3) is 5.49. The van der Waals surface area contributed by atoms with Crippen LogP contribution in [0.1, 0.15) is 11.1 Å². The van der Waals surface area contributed by atoms with Crippen molar-refractivity contribution in [2.24, 2.45) is 0 Å². The molecule has 0 aliphatic carbocycles. The number of hydrogen-bond acceptors (Lipinski definition) is 2. The lowest BCUT2D eigenvalue weighted by atomic mass is 10.2. The molecule has 134 valence electrons. The molecule has 0 saturated carbocycles. The Hall–Kier alpha value is -1.01. The Morgan fingerprint density at radius 2 is 1.54 bits per heavy atom. The Morgan fingerprint density at radius 1 is 0.846 bits per heavy atom. The van der Waals surface area contributed by atoms with Gasteiger partial charge in [0.2, 0.25) is 0 Å². The number of nitrogens with one attached hydrogen (secondary N) is 1. The Bertz CT molecular complexity index is 883. The highest BCUT2D eigenvalue weighted by molar-refractivity contribution is 9.11. The van der Waals surface area contributed by atoms with E-state index in [0.29, 0.717) is 13.2 Å². The second kappa shape index (κ2) is 9.27. The molecule has 0 bridgehead atoms. The Labute approximate surface area is 183 Å². The van der Waals surface area contributed by atoms with Crippen molar-refractivity contribution in [3.63, 3.8) is 0 Å². The average Bonchev–Trinajstić information content (AvgIpc) is 2.62. The van der Waals surface area contributed by atoms with Gasteiger partial charge in [0.25, 0.3) is 0 Å². The molecule has 2 nitrogen and oxygen atoms in total. The number of halogens is 4. The highest BCUT2D eigenvalue weighted by Gasteiger charge is 2.11. The lowest BCUT2D eigenvalue weighted by molar-refractivity contribution is 0.301. The first kappa shape index (κ1) is 19.7. The standard InChI is InChI=1S/C20H15Br3ClNO/c21-15-3-1-13(2-4-15)12-26-20-14(9-16(22)10-19(20)23)11-25-18-7-5-17(24)6-8-18/h1-10,25H,11-12H2. The number of rotatable bonds is 6. The van der Waals surface area contributed by atoms with Gasteiger partial charge in [0.1, 0.15) is 12.4 Å². The topological polar surface area (TPSA) is 21.3 Å². The zero-order chi connectivity index (χ0) is 18.5. The molecular formula is C20H15Br3ClNO. The van der Waals surface area contributed by atoms with E-state index >= 15 is 0 Å². The predicted octanol–water partition coefficient (Wildman–Crippen LogP) is 7.82. The molecule has 3 aromatic carbocycles. The molecule has 3 rings (SSSR count). The van der Waals surface area contributed by atoms with Crippen molar-refractivity contribution in [1.29, 1.82) is 0 Å². The molecule has 26 heavy (non-hydrogen) atoms. The lowest BCUT2D eigenvalue weighted by Gasteiger charge is -2.15. The molecule has 3 aromatic rings. The fraction of sp³-hybridized carbons (Fsp3) is 0.100. The van der Waals surface area contributed by atoms with Crippen LogP contribution in [-0.4, -0.2) is 0 Å². The van der Waals surface area contributed by atoms with E-state index in [1.807, 2.05) is 54.6 Å². The second-order valence-electron chi connectivity index (χ2n) is 5.65. The van der Waals surface area contributed by atoms with Crippen molar-refractivity contribution >= 4 is 65.1 Å². The molecule has 6 heteroatoms. The summed E-state index contributed by atoms with van der Waals surface area (Å²) in [7, 11) is 0. The van der Waals surface area contributed by atoms with Gasteiger partial charge >= 0.3 is 0 Å². The SMILES string of the molecule is Clc1ccc(NCc2cc(Br)cc(Br)c2OCc2ccc(Br)cc2)cc1. The van der Waals surface area contributed by atoms with Gasteiger partial charge in [-0.3, -0.25) is 0 Å². The van der Waals surface area contributed by atoms with Crippen molar-refractivity contribution in [1.82, 2.24) is 0 Å². The Balaban J connectivity index is 1.75. The summed E-state index contributed by atoms with van der Waals surface area (Å²) in [5.41, 5.74) is 3.17. The summed E-state index contributed by atoms with van der Waals surface area (Å²) in [5.74, 6) is 0.831. The zero-order valence-electron chi connectivity index (χ0n) is 13.6. The van der Waals surface area contributed by atoms with Crippen LogP contribution in [0, 0.1) is 0 Å². The van der Waals surface area contributed by atoms with Crippen molar-refractivity contribution in [2.45, 2.75) is 13.2 Å². The van der Waals surface area contributed by atoms with Gasteiger partial charge in [0, 0.05) is 31.8 Å². The van der Waals surface area contributed by atoms with Gasteiger partial charge in [-0.1, -0.05) is 55.6 Å². The molecule has 0 radical (unpaired) electrons. The van der Waals surface area contributed by atoms with Crippen LogP contribution >= 0.6 is 59.4 Å². The molecular weight excluding hydrogens is 545 g/mol. The summed E-state index contributed by atoms with van der Waals surface area (Å²) >= 11 is 16.6. The van der Waals surface area contributed by atoms with E-state index in [0.717, 1.165) is 41.0 Å². The first-order chi connectivity index (χ1) is 12.5. The second-order valence-corrected chi connectivity index (χ2v) is 8.77. The highest BCUT2D eigenvalue weighted by Crippen LogP contribution is 2.34. The van der Waals surface area contributed by atoms with Crippen molar-refractivity contribution in [3.8, 4) is 5.75 Å². The smallest absolute Gasteiger partial charge is 0.139 e. The number of benzene rings is 3. The molecule has 0 aromatic heterocycles. The maximum absolute atomic E-state index is 6.11. The molecule has 0 aliphatic rings. The van der Waals surface area contributed by atoms with E-state index in [1.54, 1.807) is 0 Å². The van der Waals surface area contributed by atoms with Gasteiger partial charge in [-0.25, -0.2) is 0 Å². The highest BCUT2D eigenvalue weighted by atomic mass is 79.9. The average molecular weight is 561 g/mol. The van der Waals surface area contributed by atoms with Crippen LogP contribution in [0.25, 0.3) is 0 Å². The Kier molecular flexibility index (Phi) is 7.04. The van der Waals surface area contributed by atoms with Crippen molar-refractivity contribution in [3.05, 3.63) is 90.2 Å². The van der Waals surface area contributed by atoms with Gasteiger partial charge in [0.05, 0.1) is 4.47 Å². The fourth-order valence-electron chi connectivity index (χ4n) is 2.41. The first-order valence-electron chi connectivity index (χ1n) is 7.86. The van der Waals surface area contributed by atoms with Crippen LogP contribution in [-0.2, 0) is 13.2 Å². The maximum Gasteiger partial charge on any atom is 0.139 e. The van der Waals surface area contributed by atoms with E-state index in [1.165, 1.54) is 0 Å². The van der Waals surface area contributed by atoms with Crippen molar-refractivity contribution in [2.75, 3.05) is 5.32 Å². The zero-order valence-corrected chi connectivity index (χ0v) is 19.1. The molecule has 0 spiro atoms. The van der Waals surface area contributed by atoms with Crippen LogP contribution in [0.2, 0.25) is 5.02 Å². The molecule has 0 amide bonds. The number of anilines is 1. The quantitative estimate of drug-likeness (QED) is 0.332. The largest absolute Gasteiger partial charge is 0.487 e. The van der Waals surface area contributed by atoms with Crippen LogP contribution in [0.3, 0.4) is 0 Å². The normalized spacial score (nSPS) is 10.6. The third-order valence-electron chi connectivity index (χ3n) is 3.71. The minimum atomic E-state index is 0.501. The van der Waals surface area contributed by atoms with E-state index in [9.17, 15) is 0 Å². The minimum absolute atomic E-state index is 0.501. The summed E-state index contributed by atoms with van der Waals surface area (Å²) in [5, 5.41) is 4.12. The monoisotopic (exact) mass is 557 g/mol. The molecule has 0 fully saturated rings. The maximum atomic E-state index is 6.11. The lowest BCUT2D eigenvalue weighted by Crippen LogP contribution is -2.04. The molecule has 0 saturated heterocycles. The molecule has 0 aliphatic heterocycles. The van der Waals surface area contributed by atoms with Gasteiger partial charge in [-0.2, -0.15) is 0 Å². The van der Waals surface area contributed by atoms with Crippen molar-refractivity contribution < 1.29 is 4.74 Å². The molecule has 0 unspecified atom stereocenters. The van der Waals surface area contributed by atoms with Crippen LogP contribution in [0.15, 0.2) is 74.1 Å². The van der Waals surface area contributed by atoms with Crippen LogP contribution in [0.5, 0.6) is 5.75 Å². The van der Waals surface area contributed by atoms with Gasteiger partial charge in [-0.05, 0) is 70.0 Å². The van der Waals surface area contributed by atoms with E-state index in [2.05, 4.69) is 59.2 Å². The molecule has 0 atom stereocenters. The predicted molar refractivity (Wildman–Crippen MR) is 119 cm³/mol. The fourth-order valence-corrected chi connectivity index (χ4v) is 4.23. The van der Waals surface area contributed by atoms with E-state index in [-0.39, 0.29) is 0 Å². The van der Waals surface area contributed by atoms with Gasteiger partial charge < -0.3 is 10.1 Å². The third-order valence-corrected chi connectivity index (χ3v) is 5.54. The van der Waals surface area contributed by atoms with Gasteiger partial charge in [0.15, 0.2) is 0 Å². The summed E-state index contributed by atoms with van der Waals surface area (Å²) in [6.07, 6.45) is 0. The number of ether oxygens (including phenoxy) is 1.